The number of aromatic amines is 1. The largest absolute Gasteiger partial charge is 0.353 e. The highest BCUT2D eigenvalue weighted by Crippen LogP contribution is 2.43. The van der Waals surface area contributed by atoms with Gasteiger partial charge in [-0.3, -0.25) is 9.69 Å². The predicted octanol–water partition coefficient (Wildman–Crippen LogP) is 4.50. The van der Waals surface area contributed by atoms with E-state index in [1.54, 1.807) is 0 Å². The first-order chi connectivity index (χ1) is 13.0. The number of H-pyrrole nitrogens is 1. The number of carbonyl (C=O) groups excluding carboxylic acids is 1. The molecule has 0 radical (unpaired) electrons. The van der Waals surface area contributed by atoms with Crippen LogP contribution in [0.4, 0.5) is 0 Å². The fraction of sp³-hybridized carbons (Fsp3) is 0.500. The van der Waals surface area contributed by atoms with Gasteiger partial charge in [-0.05, 0) is 71.4 Å². The van der Waals surface area contributed by atoms with Crippen molar-refractivity contribution >= 4 is 38.3 Å². The molecule has 0 spiro atoms. The molecule has 0 saturated heterocycles. The maximum atomic E-state index is 12.9. The third kappa shape index (κ3) is 3.25. The number of halogens is 1. The first-order valence-electron chi connectivity index (χ1n) is 10.1. The van der Waals surface area contributed by atoms with E-state index in [0.717, 1.165) is 37.0 Å². The lowest BCUT2D eigenvalue weighted by atomic mass is 9.79. The maximum absolute atomic E-state index is 12.9. The minimum absolute atomic E-state index is 0.0870. The molecule has 1 aliphatic carbocycles. The van der Waals surface area contributed by atoms with Crippen LogP contribution in [0.15, 0.2) is 28.9 Å². The monoisotopic (exact) mass is 429 g/mol. The summed E-state index contributed by atoms with van der Waals surface area (Å²) in [6.07, 6.45) is 5.28. The van der Waals surface area contributed by atoms with Gasteiger partial charge in [0.05, 0.1) is 10.5 Å². The van der Waals surface area contributed by atoms with Crippen molar-refractivity contribution in [3.8, 4) is 0 Å². The molecule has 1 aromatic carbocycles. The number of rotatable bonds is 5. The van der Waals surface area contributed by atoms with Crippen LogP contribution >= 0.6 is 15.9 Å². The minimum Gasteiger partial charge on any atom is -0.353 e. The summed E-state index contributed by atoms with van der Waals surface area (Å²) in [6.45, 7) is 8.22. The zero-order chi connectivity index (χ0) is 19.1. The van der Waals surface area contributed by atoms with Crippen LogP contribution in [0.25, 0.3) is 16.5 Å². The molecule has 4 rings (SSSR count). The van der Waals surface area contributed by atoms with E-state index in [9.17, 15) is 4.79 Å². The summed E-state index contributed by atoms with van der Waals surface area (Å²) in [4.78, 5) is 18.9. The highest BCUT2D eigenvalue weighted by molar-refractivity contribution is 9.10. The maximum Gasteiger partial charge on any atom is 0.228 e. The lowest BCUT2D eigenvalue weighted by Crippen LogP contribution is -2.49. The number of benzene rings is 1. The van der Waals surface area contributed by atoms with Crippen molar-refractivity contribution in [1.29, 1.82) is 0 Å². The molecule has 1 aromatic heterocycles. The second kappa shape index (κ2) is 7.44. The van der Waals surface area contributed by atoms with E-state index >= 15 is 0 Å². The molecule has 0 saturated carbocycles. The van der Waals surface area contributed by atoms with Crippen LogP contribution in [0.5, 0.6) is 0 Å². The molecule has 2 aromatic rings. The van der Waals surface area contributed by atoms with E-state index in [1.807, 2.05) is 0 Å². The highest BCUT2D eigenvalue weighted by Gasteiger charge is 2.37. The molecule has 144 valence electrons. The second-order valence-corrected chi connectivity index (χ2v) is 8.70. The molecule has 2 heterocycles. The molecule has 0 bridgehead atoms. The first-order valence-corrected chi connectivity index (χ1v) is 10.9. The molecule has 2 aliphatic rings. The van der Waals surface area contributed by atoms with Crippen LogP contribution in [-0.2, 0) is 11.2 Å². The summed E-state index contributed by atoms with van der Waals surface area (Å²) in [5, 5.41) is 4.49. The number of nitrogens with one attached hydrogen (secondary N) is 2. The van der Waals surface area contributed by atoms with E-state index in [4.69, 9.17) is 0 Å². The van der Waals surface area contributed by atoms with Gasteiger partial charge in [0.25, 0.3) is 0 Å². The smallest absolute Gasteiger partial charge is 0.228 e. The summed E-state index contributed by atoms with van der Waals surface area (Å²) >= 11 is 3.73. The lowest BCUT2D eigenvalue weighted by molar-refractivity contribution is -0.125. The normalized spacial score (nSPS) is 23.0. The second-order valence-electron chi connectivity index (χ2n) is 7.91. The Bertz CT molecular complexity index is 900. The third-order valence-electron chi connectivity index (χ3n) is 6.04. The van der Waals surface area contributed by atoms with Gasteiger partial charge >= 0.3 is 0 Å². The number of nitrogens with zero attached hydrogens (tertiary/aromatic N) is 1. The molecular formula is C22H28BrN3O. The number of amides is 1. The summed E-state index contributed by atoms with van der Waals surface area (Å²) in [6, 6.07) is 7.02. The van der Waals surface area contributed by atoms with Gasteiger partial charge in [0.1, 0.15) is 0 Å². The quantitative estimate of drug-likeness (QED) is 0.734. The SMILES string of the molecule is CCCN1C[C@H](C(=O)N[C@H](C)CC)C=C2c3cccc4[nH]c(Br)c(c34)C[C@H]21. The van der Waals surface area contributed by atoms with E-state index in [-0.39, 0.29) is 17.9 Å². The Kier molecular flexibility index (Phi) is 5.17. The van der Waals surface area contributed by atoms with Gasteiger partial charge < -0.3 is 10.3 Å². The van der Waals surface area contributed by atoms with Crippen LogP contribution < -0.4 is 5.32 Å². The highest BCUT2D eigenvalue weighted by atomic mass is 79.9. The number of carbonyl (C=O) groups is 1. The fourth-order valence-electron chi connectivity index (χ4n) is 4.52. The van der Waals surface area contributed by atoms with Crippen molar-refractivity contribution in [1.82, 2.24) is 15.2 Å². The summed E-state index contributed by atoms with van der Waals surface area (Å²) in [7, 11) is 0. The molecule has 27 heavy (non-hydrogen) atoms. The topological polar surface area (TPSA) is 48.1 Å². The average molecular weight is 430 g/mol. The third-order valence-corrected chi connectivity index (χ3v) is 6.72. The zero-order valence-corrected chi connectivity index (χ0v) is 17.9. The van der Waals surface area contributed by atoms with E-state index in [2.05, 4.69) is 76.2 Å². The number of aromatic nitrogens is 1. The molecular weight excluding hydrogens is 402 g/mol. The van der Waals surface area contributed by atoms with Gasteiger partial charge in [0.15, 0.2) is 0 Å². The number of hydrogen-bond donors (Lipinski definition) is 2. The lowest BCUT2D eigenvalue weighted by Gasteiger charge is -2.41. The summed E-state index contributed by atoms with van der Waals surface area (Å²) in [5.74, 6) is 0.0700. The van der Waals surface area contributed by atoms with E-state index in [1.165, 1.54) is 27.6 Å². The average Bonchev–Trinajstić information content (AvgIpc) is 2.99. The van der Waals surface area contributed by atoms with E-state index < -0.39 is 0 Å². The van der Waals surface area contributed by atoms with Gasteiger partial charge in [-0.2, -0.15) is 0 Å². The van der Waals surface area contributed by atoms with Crippen molar-refractivity contribution in [2.24, 2.45) is 5.92 Å². The van der Waals surface area contributed by atoms with Crippen molar-refractivity contribution < 1.29 is 4.79 Å². The van der Waals surface area contributed by atoms with Gasteiger partial charge in [-0.1, -0.05) is 32.1 Å². The summed E-state index contributed by atoms with van der Waals surface area (Å²) < 4.78 is 1.09. The number of fused-ring (bicyclic) bond motifs is 2. The molecule has 4 nitrogen and oxygen atoms in total. The molecule has 0 fully saturated rings. The van der Waals surface area contributed by atoms with Crippen LogP contribution in [0.1, 0.15) is 44.7 Å². The molecule has 1 aliphatic heterocycles. The van der Waals surface area contributed by atoms with Crippen molar-refractivity contribution in [3.05, 3.63) is 40.0 Å². The van der Waals surface area contributed by atoms with Gasteiger partial charge in [-0.25, -0.2) is 0 Å². The molecule has 0 unspecified atom stereocenters. The van der Waals surface area contributed by atoms with Crippen LogP contribution in [0.2, 0.25) is 0 Å². The van der Waals surface area contributed by atoms with Crippen LogP contribution in [0.3, 0.4) is 0 Å². The van der Waals surface area contributed by atoms with Crippen molar-refractivity contribution in [2.45, 2.75) is 52.1 Å². The van der Waals surface area contributed by atoms with E-state index in [0.29, 0.717) is 6.04 Å². The Morgan fingerprint density at radius 2 is 2.22 bits per heavy atom. The zero-order valence-electron chi connectivity index (χ0n) is 16.3. The number of hydrogen-bond acceptors (Lipinski definition) is 2. The Hall–Kier alpha value is -1.59. The Labute approximate surface area is 169 Å². The standard InChI is InChI=1S/C22H28BrN3O/c1-4-9-26-12-14(22(27)24-13(3)5-2)10-16-15-7-6-8-18-20(15)17(11-19(16)26)21(23)25-18/h6-8,10,13-14,19,25H,4-5,9,11-12H2,1-3H3,(H,24,27)/t13-,14-,19-/m1/s1. The van der Waals surface area contributed by atoms with Crippen LogP contribution in [-0.4, -0.2) is 41.0 Å². The van der Waals surface area contributed by atoms with Gasteiger partial charge in [0.2, 0.25) is 5.91 Å². The van der Waals surface area contributed by atoms with Gasteiger partial charge in [0, 0.05) is 29.5 Å². The minimum atomic E-state index is -0.0870. The molecule has 5 heteroatoms. The Morgan fingerprint density at radius 1 is 1.41 bits per heavy atom. The fourth-order valence-corrected chi connectivity index (χ4v) is 5.09. The Morgan fingerprint density at radius 3 is 2.96 bits per heavy atom. The van der Waals surface area contributed by atoms with Gasteiger partial charge in [-0.15, -0.1) is 0 Å². The van der Waals surface area contributed by atoms with Crippen molar-refractivity contribution in [3.63, 3.8) is 0 Å². The summed E-state index contributed by atoms with van der Waals surface area (Å²) in [5.41, 5.74) is 5.14. The predicted molar refractivity (Wildman–Crippen MR) is 115 cm³/mol. The Balaban J connectivity index is 1.78. The molecule has 3 atom stereocenters. The molecule has 1 amide bonds. The molecule has 2 N–H and O–H groups in total. The van der Waals surface area contributed by atoms with Crippen molar-refractivity contribution in [2.75, 3.05) is 13.1 Å². The van der Waals surface area contributed by atoms with Crippen LogP contribution in [0, 0.1) is 5.92 Å². The first kappa shape index (κ1) is 18.8.